The molecule has 0 aromatic heterocycles. The SMILES string of the molecule is O=c1nc2n(-c3cccc(OCCCN4CCCC4)c3)nc3ccccc3c-2[nH]1. The zero-order valence-corrected chi connectivity index (χ0v) is 16.2. The minimum atomic E-state index is -0.374. The van der Waals surface area contributed by atoms with Crippen LogP contribution in [0.3, 0.4) is 0 Å². The third-order valence-electron chi connectivity index (χ3n) is 5.39. The summed E-state index contributed by atoms with van der Waals surface area (Å²) in [6.45, 7) is 4.18. The summed E-state index contributed by atoms with van der Waals surface area (Å²) in [4.78, 5) is 21.4. The van der Waals surface area contributed by atoms with E-state index < -0.39 is 0 Å². The second kappa shape index (κ2) is 7.67. The summed E-state index contributed by atoms with van der Waals surface area (Å²) in [5.41, 5.74) is 1.92. The highest BCUT2D eigenvalue weighted by Gasteiger charge is 2.18. The van der Waals surface area contributed by atoms with Crippen LogP contribution in [-0.2, 0) is 0 Å². The first-order chi connectivity index (χ1) is 14.3. The van der Waals surface area contributed by atoms with Crippen LogP contribution in [0.5, 0.6) is 5.75 Å². The second-order valence-electron chi connectivity index (χ2n) is 7.42. The molecule has 7 heteroatoms. The van der Waals surface area contributed by atoms with Gasteiger partial charge in [0.2, 0.25) is 0 Å². The molecule has 0 bridgehead atoms. The van der Waals surface area contributed by atoms with E-state index in [1.165, 1.54) is 25.9 Å². The fourth-order valence-corrected chi connectivity index (χ4v) is 3.98. The average molecular weight is 389 g/mol. The predicted octanol–water partition coefficient (Wildman–Crippen LogP) is 3.08. The number of aromatic nitrogens is 4. The molecule has 1 saturated heterocycles. The number of rotatable bonds is 6. The van der Waals surface area contributed by atoms with Crippen LogP contribution in [0, 0.1) is 0 Å². The van der Waals surface area contributed by atoms with Gasteiger partial charge in [-0.3, -0.25) is 0 Å². The second-order valence-corrected chi connectivity index (χ2v) is 7.42. The van der Waals surface area contributed by atoms with Gasteiger partial charge in [0.05, 0.1) is 23.5 Å². The van der Waals surface area contributed by atoms with Crippen molar-refractivity contribution in [1.29, 1.82) is 0 Å². The van der Waals surface area contributed by atoms with Crippen molar-refractivity contribution in [2.24, 2.45) is 0 Å². The van der Waals surface area contributed by atoms with E-state index in [4.69, 9.17) is 9.84 Å². The molecule has 0 spiro atoms. The summed E-state index contributed by atoms with van der Waals surface area (Å²) in [6, 6.07) is 15.5. The van der Waals surface area contributed by atoms with E-state index in [9.17, 15) is 4.79 Å². The van der Waals surface area contributed by atoms with Crippen molar-refractivity contribution in [3.63, 3.8) is 0 Å². The van der Waals surface area contributed by atoms with Crippen molar-refractivity contribution >= 4 is 10.9 Å². The quantitative estimate of drug-likeness (QED) is 0.513. The van der Waals surface area contributed by atoms with Crippen molar-refractivity contribution in [3.8, 4) is 23.0 Å². The molecule has 3 heterocycles. The molecule has 0 saturated carbocycles. The molecule has 29 heavy (non-hydrogen) atoms. The zero-order valence-electron chi connectivity index (χ0n) is 16.2. The Labute approximate surface area is 168 Å². The lowest BCUT2D eigenvalue weighted by Crippen LogP contribution is -2.21. The Hall–Kier alpha value is -3.19. The Morgan fingerprint density at radius 3 is 2.83 bits per heavy atom. The van der Waals surface area contributed by atoms with E-state index in [0.717, 1.165) is 35.3 Å². The van der Waals surface area contributed by atoms with Crippen molar-refractivity contribution in [2.75, 3.05) is 26.2 Å². The summed E-state index contributed by atoms with van der Waals surface area (Å²) in [5.74, 6) is 1.30. The molecule has 0 radical (unpaired) electrons. The summed E-state index contributed by atoms with van der Waals surface area (Å²) in [6.07, 6.45) is 3.63. The van der Waals surface area contributed by atoms with Gasteiger partial charge in [0.25, 0.3) is 0 Å². The number of hydrogen-bond acceptors (Lipinski definition) is 5. The van der Waals surface area contributed by atoms with Crippen LogP contribution in [0.25, 0.3) is 28.1 Å². The largest absolute Gasteiger partial charge is 0.493 e. The van der Waals surface area contributed by atoms with E-state index in [1.807, 2.05) is 48.5 Å². The normalized spacial score (nSPS) is 14.8. The summed E-state index contributed by atoms with van der Waals surface area (Å²) >= 11 is 0. The van der Waals surface area contributed by atoms with Gasteiger partial charge in [-0.1, -0.05) is 24.3 Å². The van der Waals surface area contributed by atoms with Gasteiger partial charge in [0, 0.05) is 18.0 Å². The van der Waals surface area contributed by atoms with Crippen LogP contribution < -0.4 is 10.4 Å². The van der Waals surface area contributed by atoms with Crippen LogP contribution in [0.2, 0.25) is 0 Å². The monoisotopic (exact) mass is 389 g/mol. The molecule has 0 atom stereocenters. The Bertz CT molecular complexity index is 1160. The summed E-state index contributed by atoms with van der Waals surface area (Å²) < 4.78 is 7.68. The molecule has 1 N–H and O–H groups in total. The third kappa shape index (κ3) is 3.61. The number of hydrogen-bond donors (Lipinski definition) is 1. The van der Waals surface area contributed by atoms with Gasteiger partial charge < -0.3 is 14.6 Å². The molecule has 2 aromatic carbocycles. The van der Waals surface area contributed by atoms with E-state index in [0.29, 0.717) is 18.1 Å². The van der Waals surface area contributed by atoms with Gasteiger partial charge in [-0.15, -0.1) is 0 Å². The number of benzene rings is 2. The van der Waals surface area contributed by atoms with Crippen LogP contribution in [-0.4, -0.2) is 50.9 Å². The van der Waals surface area contributed by atoms with Crippen molar-refractivity contribution < 1.29 is 4.74 Å². The maximum atomic E-state index is 11.9. The topological polar surface area (TPSA) is 76.0 Å². The first-order valence-electron chi connectivity index (χ1n) is 10.1. The number of aromatic amines is 1. The minimum Gasteiger partial charge on any atom is -0.493 e. The molecule has 0 aliphatic carbocycles. The van der Waals surface area contributed by atoms with Gasteiger partial charge in [0.1, 0.15) is 5.75 Å². The van der Waals surface area contributed by atoms with Gasteiger partial charge >= 0.3 is 5.69 Å². The number of likely N-dealkylation sites (tertiary alicyclic amines) is 1. The van der Waals surface area contributed by atoms with Crippen LogP contribution >= 0.6 is 0 Å². The molecule has 0 unspecified atom stereocenters. The Morgan fingerprint density at radius 2 is 1.93 bits per heavy atom. The van der Waals surface area contributed by atoms with Crippen molar-refractivity contribution in [3.05, 3.63) is 59.0 Å². The number of ether oxygens (including phenoxy) is 1. The van der Waals surface area contributed by atoms with E-state index >= 15 is 0 Å². The fourth-order valence-electron chi connectivity index (χ4n) is 3.98. The van der Waals surface area contributed by atoms with Crippen LogP contribution in [0.15, 0.2) is 53.3 Å². The van der Waals surface area contributed by atoms with Gasteiger partial charge in [-0.05, 0) is 50.6 Å². The Morgan fingerprint density at radius 1 is 1.07 bits per heavy atom. The molecule has 148 valence electrons. The van der Waals surface area contributed by atoms with Crippen molar-refractivity contribution in [2.45, 2.75) is 19.3 Å². The number of nitrogens with one attached hydrogen (secondary N) is 1. The molecular formula is C22H23N5O2. The molecular weight excluding hydrogens is 366 g/mol. The predicted molar refractivity (Wildman–Crippen MR) is 112 cm³/mol. The van der Waals surface area contributed by atoms with Crippen molar-refractivity contribution in [1.82, 2.24) is 24.6 Å². The molecule has 3 aliphatic rings. The molecule has 5 rings (SSSR count). The smallest absolute Gasteiger partial charge is 0.347 e. The standard InChI is InChI=1S/C22H23N5O2/c28-22-23-20-18-9-1-2-10-19(18)25-27(21(20)24-22)16-7-5-8-17(15-16)29-14-6-13-26-11-3-4-12-26/h1-2,5,7-10,15H,3-4,6,11-14H2,(H,23,28). The maximum absolute atomic E-state index is 11.9. The lowest BCUT2D eigenvalue weighted by atomic mass is 10.1. The minimum absolute atomic E-state index is 0.374. The first kappa shape index (κ1) is 17.9. The third-order valence-corrected chi connectivity index (χ3v) is 5.39. The van der Waals surface area contributed by atoms with E-state index in [-0.39, 0.29) is 5.69 Å². The lowest BCUT2D eigenvalue weighted by Gasteiger charge is -2.15. The van der Waals surface area contributed by atoms with Gasteiger partial charge in [0.15, 0.2) is 5.82 Å². The van der Waals surface area contributed by atoms with E-state index in [1.54, 1.807) is 4.68 Å². The highest BCUT2D eigenvalue weighted by atomic mass is 16.5. The Balaban J connectivity index is 1.41. The highest BCUT2D eigenvalue weighted by Crippen LogP contribution is 2.28. The number of nitrogens with zero attached hydrogens (tertiary/aromatic N) is 4. The molecule has 2 aromatic rings. The van der Waals surface area contributed by atoms with Gasteiger partial charge in [-0.2, -0.15) is 10.1 Å². The fraction of sp³-hybridized carbons (Fsp3) is 0.318. The molecule has 3 aliphatic heterocycles. The maximum Gasteiger partial charge on any atom is 0.347 e. The Kier molecular flexibility index (Phi) is 4.73. The molecule has 1 fully saturated rings. The number of H-pyrrole nitrogens is 1. The van der Waals surface area contributed by atoms with Crippen LogP contribution in [0.4, 0.5) is 0 Å². The molecule has 7 nitrogen and oxygen atoms in total. The average Bonchev–Trinajstić information content (AvgIpc) is 3.40. The number of imidazole rings is 1. The summed E-state index contributed by atoms with van der Waals surface area (Å²) in [5, 5.41) is 5.59. The van der Waals surface area contributed by atoms with Gasteiger partial charge in [-0.25, -0.2) is 9.48 Å². The zero-order chi connectivity index (χ0) is 19.6. The highest BCUT2D eigenvalue weighted by molar-refractivity contribution is 5.91. The van der Waals surface area contributed by atoms with E-state index in [2.05, 4.69) is 14.9 Å². The first-order valence-corrected chi connectivity index (χ1v) is 10.1. The summed E-state index contributed by atoms with van der Waals surface area (Å²) in [7, 11) is 0. The number of fused-ring (bicyclic) bond motifs is 3. The van der Waals surface area contributed by atoms with Crippen LogP contribution in [0.1, 0.15) is 19.3 Å². The lowest BCUT2D eigenvalue weighted by molar-refractivity contribution is 0.263. The molecule has 0 amide bonds.